The average Bonchev–Trinajstić information content (AvgIpc) is 3.42. The summed E-state index contributed by atoms with van der Waals surface area (Å²) in [6.45, 7) is 0.921. The summed E-state index contributed by atoms with van der Waals surface area (Å²) in [4.78, 5) is 21.1. The SMILES string of the molecule is O=C(NCCCCCO)c1cc2c([nH]c3ccccc32)c(-c2ccc3c(c2)OCO3)n1. The van der Waals surface area contributed by atoms with E-state index < -0.39 is 0 Å². The summed E-state index contributed by atoms with van der Waals surface area (Å²) >= 11 is 0. The first-order valence-corrected chi connectivity index (χ1v) is 10.4. The number of carbonyl (C=O) groups is 1. The summed E-state index contributed by atoms with van der Waals surface area (Å²) in [5.74, 6) is 1.16. The number of H-pyrrole nitrogens is 1. The summed E-state index contributed by atoms with van der Waals surface area (Å²) in [5.41, 5.74) is 3.77. The maximum Gasteiger partial charge on any atom is 0.269 e. The maximum atomic E-state index is 12.9. The number of aliphatic hydroxyl groups excluding tert-OH is 1. The number of unbranched alkanes of at least 4 members (excludes halogenated alkanes) is 2. The van der Waals surface area contributed by atoms with Crippen molar-refractivity contribution in [1.29, 1.82) is 0 Å². The molecule has 0 bridgehead atoms. The Morgan fingerprint density at radius 2 is 1.90 bits per heavy atom. The number of para-hydroxylation sites is 1. The number of fused-ring (bicyclic) bond motifs is 4. The third-order valence-electron chi connectivity index (χ3n) is 5.50. The lowest BCUT2D eigenvalue weighted by atomic mass is 10.1. The van der Waals surface area contributed by atoms with E-state index in [9.17, 15) is 4.79 Å². The highest BCUT2D eigenvalue weighted by Gasteiger charge is 2.19. The van der Waals surface area contributed by atoms with Gasteiger partial charge in [-0.3, -0.25) is 4.79 Å². The zero-order valence-electron chi connectivity index (χ0n) is 17.0. The van der Waals surface area contributed by atoms with E-state index in [1.165, 1.54) is 0 Å². The minimum absolute atomic E-state index is 0.172. The highest BCUT2D eigenvalue weighted by molar-refractivity contribution is 6.13. The molecule has 1 aliphatic heterocycles. The molecule has 0 fully saturated rings. The van der Waals surface area contributed by atoms with Gasteiger partial charge in [-0.05, 0) is 49.6 Å². The van der Waals surface area contributed by atoms with Crippen LogP contribution < -0.4 is 14.8 Å². The third kappa shape index (κ3) is 3.68. The Morgan fingerprint density at radius 3 is 2.81 bits per heavy atom. The van der Waals surface area contributed by atoms with E-state index in [1.54, 1.807) is 0 Å². The Labute approximate surface area is 179 Å². The van der Waals surface area contributed by atoms with Crippen LogP contribution in [0.25, 0.3) is 33.1 Å². The molecule has 5 rings (SSSR count). The highest BCUT2D eigenvalue weighted by atomic mass is 16.7. The van der Waals surface area contributed by atoms with Crippen molar-refractivity contribution >= 4 is 27.7 Å². The van der Waals surface area contributed by atoms with Crippen LogP contribution in [0.4, 0.5) is 0 Å². The van der Waals surface area contributed by atoms with E-state index in [1.807, 2.05) is 48.5 Å². The molecule has 1 aliphatic rings. The molecule has 31 heavy (non-hydrogen) atoms. The molecule has 7 heteroatoms. The van der Waals surface area contributed by atoms with E-state index in [4.69, 9.17) is 19.6 Å². The number of aromatic amines is 1. The van der Waals surface area contributed by atoms with Gasteiger partial charge in [-0.15, -0.1) is 0 Å². The summed E-state index contributed by atoms with van der Waals surface area (Å²) in [7, 11) is 0. The lowest BCUT2D eigenvalue weighted by Gasteiger charge is -2.09. The largest absolute Gasteiger partial charge is 0.454 e. The smallest absolute Gasteiger partial charge is 0.269 e. The number of aliphatic hydroxyl groups is 1. The number of hydrogen-bond acceptors (Lipinski definition) is 5. The lowest BCUT2D eigenvalue weighted by Crippen LogP contribution is -2.25. The topological polar surface area (TPSA) is 96.5 Å². The van der Waals surface area contributed by atoms with Crippen molar-refractivity contribution in [3.63, 3.8) is 0 Å². The van der Waals surface area contributed by atoms with Crippen LogP contribution in [-0.2, 0) is 0 Å². The molecule has 0 radical (unpaired) electrons. The first-order chi connectivity index (χ1) is 15.2. The number of pyridine rings is 1. The van der Waals surface area contributed by atoms with Gasteiger partial charge < -0.3 is 24.9 Å². The van der Waals surface area contributed by atoms with Crippen LogP contribution in [0.15, 0.2) is 48.5 Å². The van der Waals surface area contributed by atoms with Gasteiger partial charge >= 0.3 is 0 Å². The van der Waals surface area contributed by atoms with Crippen LogP contribution >= 0.6 is 0 Å². The number of rotatable bonds is 7. The number of aromatic nitrogens is 2. The minimum atomic E-state index is -0.210. The summed E-state index contributed by atoms with van der Waals surface area (Å²) in [5, 5.41) is 13.8. The van der Waals surface area contributed by atoms with Gasteiger partial charge in [0.05, 0.1) is 11.2 Å². The molecule has 3 heterocycles. The van der Waals surface area contributed by atoms with Crippen LogP contribution in [0.3, 0.4) is 0 Å². The molecule has 0 spiro atoms. The minimum Gasteiger partial charge on any atom is -0.454 e. The molecule has 2 aromatic carbocycles. The molecule has 0 aliphatic carbocycles. The first-order valence-electron chi connectivity index (χ1n) is 10.4. The predicted molar refractivity (Wildman–Crippen MR) is 118 cm³/mol. The number of ether oxygens (including phenoxy) is 2. The van der Waals surface area contributed by atoms with Gasteiger partial charge in [0.15, 0.2) is 11.5 Å². The quantitative estimate of drug-likeness (QED) is 0.395. The van der Waals surface area contributed by atoms with E-state index in [0.29, 0.717) is 29.4 Å². The van der Waals surface area contributed by atoms with Crippen molar-refractivity contribution in [3.8, 4) is 22.8 Å². The number of carbonyl (C=O) groups excluding carboxylic acids is 1. The summed E-state index contributed by atoms with van der Waals surface area (Å²) in [6, 6.07) is 15.5. The molecule has 158 valence electrons. The van der Waals surface area contributed by atoms with Gasteiger partial charge in [0.1, 0.15) is 5.69 Å². The Kier molecular flexibility index (Phi) is 5.18. The molecule has 7 nitrogen and oxygen atoms in total. The molecule has 1 amide bonds. The lowest BCUT2D eigenvalue weighted by molar-refractivity contribution is 0.0948. The third-order valence-corrected chi connectivity index (χ3v) is 5.50. The van der Waals surface area contributed by atoms with Crippen molar-refractivity contribution in [1.82, 2.24) is 15.3 Å². The highest BCUT2D eigenvalue weighted by Crippen LogP contribution is 2.38. The molecule has 0 unspecified atom stereocenters. The van der Waals surface area contributed by atoms with Crippen LogP contribution in [0.5, 0.6) is 11.5 Å². The van der Waals surface area contributed by atoms with Crippen molar-refractivity contribution in [2.75, 3.05) is 19.9 Å². The molecule has 3 N–H and O–H groups in total. The van der Waals surface area contributed by atoms with E-state index in [2.05, 4.69) is 10.3 Å². The van der Waals surface area contributed by atoms with Crippen LogP contribution in [-0.4, -0.2) is 40.9 Å². The molecule has 0 saturated heterocycles. The van der Waals surface area contributed by atoms with Gasteiger partial charge in [0.2, 0.25) is 6.79 Å². The number of nitrogens with zero attached hydrogens (tertiary/aromatic N) is 1. The Balaban J connectivity index is 1.57. The second-order valence-electron chi connectivity index (χ2n) is 7.56. The van der Waals surface area contributed by atoms with Crippen molar-refractivity contribution in [3.05, 3.63) is 54.2 Å². The second-order valence-corrected chi connectivity index (χ2v) is 7.56. The Morgan fingerprint density at radius 1 is 1.03 bits per heavy atom. The Hall–Kier alpha value is -3.58. The van der Waals surface area contributed by atoms with Gasteiger partial charge in [-0.25, -0.2) is 4.98 Å². The molecule has 2 aromatic heterocycles. The molecule has 4 aromatic rings. The number of benzene rings is 2. The fraction of sp³-hybridized carbons (Fsp3) is 0.250. The zero-order chi connectivity index (χ0) is 21.2. The van der Waals surface area contributed by atoms with Gasteiger partial charge in [0, 0.05) is 35.0 Å². The van der Waals surface area contributed by atoms with Crippen LogP contribution in [0, 0.1) is 0 Å². The normalized spacial score (nSPS) is 12.5. The summed E-state index contributed by atoms with van der Waals surface area (Å²) < 4.78 is 11.0. The standard InChI is InChI=1S/C24H23N3O4/c28-11-5-1-4-10-25-24(29)19-13-17-16-6-2-3-7-18(16)26-23(17)22(27-19)15-8-9-20-21(12-15)31-14-30-20/h2-3,6-9,12-13,26,28H,1,4-5,10-11,14H2,(H,25,29). The van der Waals surface area contributed by atoms with Gasteiger partial charge in [0.25, 0.3) is 5.91 Å². The van der Waals surface area contributed by atoms with Crippen molar-refractivity contribution in [2.45, 2.75) is 19.3 Å². The predicted octanol–water partition coefficient (Wildman–Crippen LogP) is 4.00. The van der Waals surface area contributed by atoms with Gasteiger partial charge in [-0.2, -0.15) is 0 Å². The fourth-order valence-electron chi connectivity index (χ4n) is 3.92. The van der Waals surface area contributed by atoms with Crippen LogP contribution in [0.1, 0.15) is 29.8 Å². The average molecular weight is 417 g/mol. The van der Waals surface area contributed by atoms with E-state index in [0.717, 1.165) is 46.6 Å². The number of amides is 1. The zero-order valence-corrected chi connectivity index (χ0v) is 17.0. The van der Waals surface area contributed by atoms with Crippen molar-refractivity contribution < 1.29 is 19.4 Å². The second kappa shape index (κ2) is 8.28. The number of nitrogens with one attached hydrogen (secondary N) is 2. The van der Waals surface area contributed by atoms with E-state index >= 15 is 0 Å². The van der Waals surface area contributed by atoms with Crippen LogP contribution in [0.2, 0.25) is 0 Å². The monoisotopic (exact) mass is 417 g/mol. The molecular formula is C24H23N3O4. The van der Waals surface area contributed by atoms with Gasteiger partial charge in [-0.1, -0.05) is 18.2 Å². The maximum absolute atomic E-state index is 12.9. The van der Waals surface area contributed by atoms with E-state index in [-0.39, 0.29) is 19.3 Å². The molecular weight excluding hydrogens is 394 g/mol. The molecule has 0 atom stereocenters. The fourth-order valence-corrected chi connectivity index (χ4v) is 3.92. The Bertz CT molecular complexity index is 1260. The first kappa shape index (κ1) is 19.4. The summed E-state index contributed by atoms with van der Waals surface area (Å²) in [6.07, 6.45) is 2.43. The molecule has 0 saturated carbocycles. The van der Waals surface area contributed by atoms with Crippen molar-refractivity contribution in [2.24, 2.45) is 0 Å². The number of hydrogen-bond donors (Lipinski definition) is 3.